The van der Waals surface area contributed by atoms with E-state index >= 15 is 0 Å². The van der Waals surface area contributed by atoms with Crippen LogP contribution in [-0.4, -0.2) is 93.7 Å². The van der Waals surface area contributed by atoms with E-state index in [1.165, 1.54) is 20.6 Å². The lowest BCUT2D eigenvalue weighted by atomic mass is 10.0. The van der Waals surface area contributed by atoms with Gasteiger partial charge in [0.1, 0.15) is 23.4 Å². The highest BCUT2D eigenvalue weighted by Gasteiger charge is 2.37. The van der Waals surface area contributed by atoms with Crippen molar-refractivity contribution in [2.75, 3.05) is 33.9 Å². The number of hydrogen-bond acceptors (Lipinski definition) is 9. The van der Waals surface area contributed by atoms with Crippen LogP contribution in [0.4, 0.5) is 9.59 Å². The van der Waals surface area contributed by atoms with Gasteiger partial charge in [0.15, 0.2) is 0 Å². The summed E-state index contributed by atoms with van der Waals surface area (Å²) in [5, 5.41) is 7.77. The molecule has 0 radical (unpaired) electrons. The van der Waals surface area contributed by atoms with Gasteiger partial charge in [0, 0.05) is 36.8 Å². The second-order valence-electron chi connectivity index (χ2n) is 13.2. The molecule has 2 unspecified atom stereocenters. The summed E-state index contributed by atoms with van der Waals surface area (Å²) >= 11 is 0. The van der Waals surface area contributed by atoms with E-state index in [9.17, 15) is 19.2 Å². The number of carbonyl (C=O) groups excluding carboxylic acids is 4. The number of aromatic amines is 2. The van der Waals surface area contributed by atoms with E-state index in [2.05, 4.69) is 71.3 Å². The number of aromatic nitrogens is 5. The third-order valence-corrected chi connectivity index (χ3v) is 8.51. The summed E-state index contributed by atoms with van der Waals surface area (Å²) in [5.74, 6) is 7.22. The number of hydrogen-bond donors (Lipinski definition) is 5. The molecule has 3 aromatic heterocycles. The Morgan fingerprint density at radius 2 is 1.70 bits per heavy atom. The van der Waals surface area contributed by atoms with E-state index in [1.807, 2.05) is 58.0 Å². The molecule has 2 atom stereocenters. The normalized spacial score (nSPS) is 13.6. The molecule has 1 saturated heterocycles. The van der Waals surface area contributed by atoms with Gasteiger partial charge in [0.2, 0.25) is 11.8 Å². The highest BCUT2D eigenvalue weighted by atomic mass is 16.5. The maximum absolute atomic E-state index is 13.4. The summed E-state index contributed by atoms with van der Waals surface area (Å²) in [6.45, 7) is 13.0. The van der Waals surface area contributed by atoms with Gasteiger partial charge in [-0.3, -0.25) is 14.6 Å². The van der Waals surface area contributed by atoms with Gasteiger partial charge < -0.3 is 40.3 Å². The largest absolute Gasteiger partial charge is 0.453 e. The lowest BCUT2D eigenvalue weighted by Gasteiger charge is -2.29. The monoisotopic (exact) mass is 771 g/mol. The fraction of sp³-hybridized carbons (Fsp3) is 0.488. The number of amides is 4. The molecule has 1 aromatic carbocycles. The number of benzene rings is 1. The molecule has 15 nitrogen and oxygen atoms in total. The third kappa shape index (κ3) is 13.1. The summed E-state index contributed by atoms with van der Waals surface area (Å²) in [7, 11) is 2.52. The van der Waals surface area contributed by atoms with E-state index in [0.29, 0.717) is 24.6 Å². The molecule has 5 rings (SSSR count). The molecule has 4 amide bonds. The number of alkyl carbamates (subject to hydrolysis) is 2. The van der Waals surface area contributed by atoms with Crippen molar-refractivity contribution in [3.8, 4) is 23.1 Å². The Morgan fingerprint density at radius 3 is 2.38 bits per heavy atom. The lowest BCUT2D eigenvalue weighted by molar-refractivity contribution is -0.135. The predicted molar refractivity (Wildman–Crippen MR) is 215 cm³/mol. The Morgan fingerprint density at radius 1 is 0.946 bits per heavy atom. The number of imidazole rings is 2. The van der Waals surface area contributed by atoms with Crippen LogP contribution in [0.3, 0.4) is 0 Å². The summed E-state index contributed by atoms with van der Waals surface area (Å²) in [6.07, 6.45) is 7.27. The number of likely N-dealkylation sites (tertiary alicyclic amines) is 1. The van der Waals surface area contributed by atoms with Crippen LogP contribution < -0.4 is 16.0 Å². The van der Waals surface area contributed by atoms with Crippen LogP contribution in [0.5, 0.6) is 0 Å². The maximum atomic E-state index is 13.4. The topological polar surface area (TPSA) is 196 Å². The smallest absolute Gasteiger partial charge is 0.407 e. The molecule has 4 heterocycles. The zero-order chi connectivity index (χ0) is 41.0. The molecule has 4 aromatic rings. The molecule has 15 heteroatoms. The first kappa shape index (κ1) is 44.5. The van der Waals surface area contributed by atoms with E-state index in [4.69, 9.17) is 4.74 Å². The van der Waals surface area contributed by atoms with E-state index in [1.54, 1.807) is 17.3 Å². The summed E-state index contributed by atoms with van der Waals surface area (Å²) in [4.78, 5) is 70.3. The van der Waals surface area contributed by atoms with Crippen LogP contribution >= 0.6 is 0 Å². The van der Waals surface area contributed by atoms with Crippen molar-refractivity contribution in [1.29, 1.82) is 0 Å². The zero-order valence-electron chi connectivity index (χ0n) is 33.9. The van der Waals surface area contributed by atoms with Crippen LogP contribution in [-0.2, 0) is 25.5 Å². The van der Waals surface area contributed by atoms with Crippen molar-refractivity contribution in [2.45, 2.75) is 92.2 Å². The summed E-state index contributed by atoms with van der Waals surface area (Å²) in [5.41, 5.74) is 4.87. The van der Waals surface area contributed by atoms with Gasteiger partial charge in [-0.1, -0.05) is 60.0 Å². The van der Waals surface area contributed by atoms with Crippen LogP contribution in [0, 0.1) is 17.8 Å². The minimum atomic E-state index is -0.698. The average molecular weight is 772 g/mol. The highest BCUT2D eigenvalue weighted by molar-refractivity contribution is 5.86. The number of ether oxygens (including phenoxy) is 2. The van der Waals surface area contributed by atoms with Gasteiger partial charge in [-0.25, -0.2) is 19.6 Å². The maximum Gasteiger partial charge on any atom is 0.407 e. The van der Waals surface area contributed by atoms with Crippen molar-refractivity contribution in [1.82, 2.24) is 45.8 Å². The molecule has 0 bridgehead atoms. The molecule has 0 spiro atoms. The van der Waals surface area contributed by atoms with E-state index in [0.717, 1.165) is 65.8 Å². The van der Waals surface area contributed by atoms with Gasteiger partial charge in [-0.05, 0) is 61.8 Å². The quantitative estimate of drug-likeness (QED) is 0.0844. The van der Waals surface area contributed by atoms with Gasteiger partial charge in [0.25, 0.3) is 0 Å². The minimum Gasteiger partial charge on any atom is -0.453 e. The molecule has 1 fully saturated rings. The van der Waals surface area contributed by atoms with Crippen LogP contribution in [0.1, 0.15) is 103 Å². The standard InChI is InChI=1S/C36H43N9O6.C3H8.C2H6/c1-22(2)32(44-36(49)51-4)34(47)45-17-7-8-29(45)33-39-20-25(41-33)13-10-23-11-14-26(38-19-23)24-12-15-27-28(18-24)43-30(42-27)9-5-6-16-37-31(46)21-40-35(48)50-3;1-3-2;1-2/h11-12,14-15,18-20,22,29,32H,5-9,16-17,21H2,1-4H3,(H,37,46)(H,39,41)(H,40,48)(H,42,43)(H,44,49);3H2,1-2H3;1-2H3. The third-order valence-electron chi connectivity index (χ3n) is 8.51. The summed E-state index contributed by atoms with van der Waals surface area (Å²) in [6, 6.07) is 8.87. The van der Waals surface area contributed by atoms with E-state index in [-0.39, 0.29) is 30.3 Å². The van der Waals surface area contributed by atoms with Crippen LogP contribution in [0.15, 0.2) is 42.7 Å². The molecule has 56 heavy (non-hydrogen) atoms. The number of H-pyrrole nitrogens is 2. The Labute approximate surface area is 329 Å². The molecular weight excluding hydrogens is 715 g/mol. The number of pyridine rings is 1. The second kappa shape index (κ2) is 23.1. The number of aryl methyl sites for hydroxylation is 1. The number of methoxy groups -OCH3 is 2. The number of unbranched alkanes of at least 4 members (excludes halogenated alkanes) is 1. The first-order valence-corrected chi connectivity index (χ1v) is 19.3. The Kier molecular flexibility index (Phi) is 18.4. The van der Waals surface area contributed by atoms with Gasteiger partial charge >= 0.3 is 12.2 Å². The van der Waals surface area contributed by atoms with Gasteiger partial charge in [-0.2, -0.15) is 0 Å². The van der Waals surface area contributed by atoms with Crippen molar-refractivity contribution in [3.05, 3.63) is 65.6 Å². The molecule has 0 aliphatic carbocycles. The fourth-order valence-corrected chi connectivity index (χ4v) is 5.81. The predicted octanol–water partition coefficient (Wildman–Crippen LogP) is 6.03. The minimum absolute atomic E-state index is 0.112. The van der Waals surface area contributed by atoms with Gasteiger partial charge in [-0.15, -0.1) is 0 Å². The van der Waals surface area contributed by atoms with Crippen molar-refractivity contribution < 1.29 is 28.7 Å². The fourth-order valence-electron chi connectivity index (χ4n) is 5.81. The molecule has 302 valence electrons. The number of fused-ring (bicyclic) bond motifs is 1. The van der Waals surface area contributed by atoms with Crippen LogP contribution in [0.2, 0.25) is 0 Å². The van der Waals surface area contributed by atoms with Crippen molar-refractivity contribution in [3.63, 3.8) is 0 Å². The van der Waals surface area contributed by atoms with Crippen molar-refractivity contribution >= 4 is 35.0 Å². The number of rotatable bonds is 12. The molecule has 0 saturated carbocycles. The first-order chi connectivity index (χ1) is 27.1. The van der Waals surface area contributed by atoms with E-state index < -0.39 is 18.2 Å². The SMILES string of the molecule is CC.CCC.COC(=O)NCC(=O)NCCCCc1nc2ccc(-c3ccc(C#Cc4cnc(C5CCCN5C(=O)C(NC(=O)OC)C(C)C)[nH]4)cn3)cc2[nH]1. The molecule has 1 aliphatic rings. The second-order valence-corrected chi connectivity index (χ2v) is 13.2. The molecular formula is C41H57N9O6. The Bertz CT molecular complexity index is 1930. The number of nitrogens with one attached hydrogen (secondary N) is 5. The summed E-state index contributed by atoms with van der Waals surface area (Å²) < 4.78 is 9.17. The molecule has 5 N–H and O–H groups in total. The Hall–Kier alpha value is -5.91. The van der Waals surface area contributed by atoms with Crippen LogP contribution in [0.25, 0.3) is 22.3 Å². The Balaban J connectivity index is 0.00000160. The molecule has 1 aliphatic heterocycles. The number of carbonyl (C=O) groups is 4. The van der Waals surface area contributed by atoms with Gasteiger partial charge in [0.05, 0.1) is 49.7 Å². The average Bonchev–Trinajstić information content (AvgIpc) is 3.98. The zero-order valence-corrected chi connectivity index (χ0v) is 33.9. The highest BCUT2D eigenvalue weighted by Crippen LogP contribution is 2.31. The number of nitrogens with zero attached hydrogens (tertiary/aromatic N) is 4. The lowest BCUT2D eigenvalue weighted by Crippen LogP contribution is -2.51. The first-order valence-electron chi connectivity index (χ1n) is 19.3. The van der Waals surface area contributed by atoms with Crippen molar-refractivity contribution in [2.24, 2.45) is 5.92 Å².